The first-order valence-electron chi connectivity index (χ1n) is 10.2. The standard InChI is InChI=1S/C22H30FN3O3S/c1-15(2)26-17(4)13-20(18(26)5)21(27)14-24-8-10-25(11-9-24)30(28,29)22-7-6-19(23)12-16(22)3/h6-7,12-13,15H,8-11,14H2,1-5H3. The number of hydrogen-bond donors (Lipinski definition) is 0. The molecular formula is C22H30FN3O3S. The van der Waals surface area contributed by atoms with Gasteiger partial charge in [-0.15, -0.1) is 0 Å². The minimum atomic E-state index is -3.68. The van der Waals surface area contributed by atoms with Crippen molar-refractivity contribution >= 4 is 15.8 Å². The number of halogens is 1. The highest BCUT2D eigenvalue weighted by molar-refractivity contribution is 7.89. The number of Topliss-reactive ketones (excluding diaryl/α,β-unsaturated/α-hetero) is 1. The van der Waals surface area contributed by atoms with Gasteiger partial charge in [-0.25, -0.2) is 12.8 Å². The minimum absolute atomic E-state index is 0.0562. The van der Waals surface area contributed by atoms with Gasteiger partial charge in [-0.3, -0.25) is 9.69 Å². The van der Waals surface area contributed by atoms with Crippen LogP contribution in [0.5, 0.6) is 0 Å². The highest BCUT2D eigenvalue weighted by atomic mass is 32.2. The van der Waals surface area contributed by atoms with Crippen molar-refractivity contribution in [3.05, 3.63) is 52.6 Å². The summed E-state index contributed by atoms with van der Waals surface area (Å²) in [5.41, 5.74) is 3.17. The third-order valence-electron chi connectivity index (χ3n) is 5.75. The average molecular weight is 436 g/mol. The molecule has 6 nitrogen and oxygen atoms in total. The van der Waals surface area contributed by atoms with Gasteiger partial charge in [-0.2, -0.15) is 4.31 Å². The molecule has 1 fully saturated rings. The summed E-state index contributed by atoms with van der Waals surface area (Å²) < 4.78 is 42.8. The van der Waals surface area contributed by atoms with Gasteiger partial charge in [0.25, 0.3) is 0 Å². The second-order valence-corrected chi connectivity index (χ2v) is 10.2. The van der Waals surface area contributed by atoms with Gasteiger partial charge < -0.3 is 4.57 Å². The molecule has 0 saturated carbocycles. The SMILES string of the molecule is Cc1cc(F)ccc1S(=O)(=O)N1CCN(CC(=O)c2cc(C)n(C(C)C)c2C)CC1. The van der Waals surface area contributed by atoms with Crippen LogP contribution in [0.3, 0.4) is 0 Å². The Morgan fingerprint density at radius 3 is 2.23 bits per heavy atom. The van der Waals surface area contributed by atoms with Gasteiger partial charge in [0.15, 0.2) is 5.78 Å². The minimum Gasteiger partial charge on any atom is -0.346 e. The van der Waals surface area contributed by atoms with E-state index in [9.17, 15) is 17.6 Å². The largest absolute Gasteiger partial charge is 0.346 e. The predicted octanol–water partition coefficient (Wildman–Crippen LogP) is 3.32. The molecule has 3 rings (SSSR count). The summed E-state index contributed by atoms with van der Waals surface area (Å²) in [5, 5.41) is 0. The maximum Gasteiger partial charge on any atom is 0.243 e. The second kappa shape index (κ2) is 8.61. The fraction of sp³-hybridized carbons (Fsp3) is 0.500. The van der Waals surface area contributed by atoms with Crippen molar-refractivity contribution in [3.63, 3.8) is 0 Å². The van der Waals surface area contributed by atoms with E-state index in [2.05, 4.69) is 18.4 Å². The second-order valence-electron chi connectivity index (χ2n) is 8.26. The van der Waals surface area contributed by atoms with Crippen LogP contribution in [0.15, 0.2) is 29.2 Å². The van der Waals surface area contributed by atoms with E-state index in [0.717, 1.165) is 17.0 Å². The molecule has 164 valence electrons. The Morgan fingerprint density at radius 1 is 1.07 bits per heavy atom. The first-order valence-corrected chi connectivity index (χ1v) is 11.7. The molecule has 8 heteroatoms. The molecule has 0 amide bonds. The predicted molar refractivity (Wildman–Crippen MR) is 115 cm³/mol. The number of benzene rings is 1. The summed E-state index contributed by atoms with van der Waals surface area (Å²) in [5.74, 6) is -0.396. The lowest BCUT2D eigenvalue weighted by atomic mass is 10.1. The summed E-state index contributed by atoms with van der Waals surface area (Å²) in [6, 6.07) is 5.95. The van der Waals surface area contributed by atoms with E-state index in [-0.39, 0.29) is 23.3 Å². The van der Waals surface area contributed by atoms with Gasteiger partial charge in [-0.1, -0.05) is 0 Å². The number of aromatic nitrogens is 1. The molecule has 1 saturated heterocycles. The molecule has 1 aliphatic heterocycles. The molecular weight excluding hydrogens is 405 g/mol. The molecule has 0 bridgehead atoms. The van der Waals surface area contributed by atoms with Gasteiger partial charge in [0.05, 0.1) is 11.4 Å². The fourth-order valence-electron chi connectivity index (χ4n) is 4.31. The van der Waals surface area contributed by atoms with Gasteiger partial charge >= 0.3 is 0 Å². The van der Waals surface area contributed by atoms with Crippen LogP contribution in [0, 0.1) is 26.6 Å². The van der Waals surface area contributed by atoms with E-state index >= 15 is 0 Å². The number of hydrogen-bond acceptors (Lipinski definition) is 4. The Bertz CT molecular complexity index is 1050. The quantitative estimate of drug-likeness (QED) is 0.653. The Morgan fingerprint density at radius 2 is 1.70 bits per heavy atom. The lowest BCUT2D eigenvalue weighted by Crippen LogP contribution is -2.49. The summed E-state index contributed by atoms with van der Waals surface area (Å²) in [6.07, 6.45) is 0. The number of sulfonamides is 1. The van der Waals surface area contributed by atoms with Crippen molar-refractivity contribution in [1.29, 1.82) is 0 Å². The van der Waals surface area contributed by atoms with Crippen LogP contribution in [-0.4, -0.2) is 60.7 Å². The zero-order valence-electron chi connectivity index (χ0n) is 18.3. The number of rotatable bonds is 6. The van der Waals surface area contributed by atoms with E-state index in [1.165, 1.54) is 22.5 Å². The molecule has 2 heterocycles. The Labute approximate surface area is 178 Å². The third-order valence-corrected chi connectivity index (χ3v) is 7.81. The highest BCUT2D eigenvalue weighted by Gasteiger charge is 2.30. The van der Waals surface area contributed by atoms with Crippen molar-refractivity contribution in [1.82, 2.24) is 13.8 Å². The normalized spacial score (nSPS) is 16.4. The van der Waals surface area contributed by atoms with E-state index < -0.39 is 15.8 Å². The van der Waals surface area contributed by atoms with Gasteiger partial charge in [0, 0.05) is 49.2 Å². The molecule has 0 spiro atoms. The molecule has 0 aliphatic carbocycles. The van der Waals surface area contributed by atoms with Crippen molar-refractivity contribution < 1.29 is 17.6 Å². The third kappa shape index (κ3) is 4.36. The Hall–Kier alpha value is -2.03. The monoisotopic (exact) mass is 435 g/mol. The summed E-state index contributed by atoms with van der Waals surface area (Å²) in [7, 11) is -3.68. The number of nitrogens with zero attached hydrogens (tertiary/aromatic N) is 3. The van der Waals surface area contributed by atoms with Crippen LogP contribution in [0.4, 0.5) is 4.39 Å². The lowest BCUT2D eigenvalue weighted by Gasteiger charge is -2.33. The fourth-order valence-corrected chi connectivity index (χ4v) is 5.94. The molecule has 0 N–H and O–H groups in total. The van der Waals surface area contributed by atoms with Crippen LogP contribution in [0.1, 0.15) is 47.2 Å². The van der Waals surface area contributed by atoms with Crippen molar-refractivity contribution in [2.24, 2.45) is 0 Å². The van der Waals surface area contributed by atoms with E-state index in [0.29, 0.717) is 31.7 Å². The zero-order valence-corrected chi connectivity index (χ0v) is 19.1. The summed E-state index contributed by atoms with van der Waals surface area (Å²) in [6.45, 7) is 11.6. The summed E-state index contributed by atoms with van der Waals surface area (Å²) in [4.78, 5) is 15.0. The number of carbonyl (C=O) groups excluding carboxylic acids is 1. The first kappa shape index (κ1) is 22.7. The van der Waals surface area contributed by atoms with Crippen LogP contribution in [0.25, 0.3) is 0 Å². The molecule has 1 aromatic heterocycles. The van der Waals surface area contributed by atoms with Crippen LogP contribution in [-0.2, 0) is 10.0 Å². The van der Waals surface area contributed by atoms with E-state index in [1.54, 1.807) is 6.92 Å². The molecule has 0 atom stereocenters. The van der Waals surface area contributed by atoms with Crippen LogP contribution >= 0.6 is 0 Å². The smallest absolute Gasteiger partial charge is 0.243 e. The van der Waals surface area contributed by atoms with Crippen molar-refractivity contribution in [2.75, 3.05) is 32.7 Å². The molecule has 0 unspecified atom stereocenters. The maximum absolute atomic E-state index is 13.3. The zero-order chi connectivity index (χ0) is 22.2. The average Bonchev–Trinajstić information content (AvgIpc) is 2.96. The van der Waals surface area contributed by atoms with E-state index in [1.807, 2.05) is 24.8 Å². The van der Waals surface area contributed by atoms with Gasteiger partial charge in [0.2, 0.25) is 10.0 Å². The topological polar surface area (TPSA) is 62.6 Å². The van der Waals surface area contributed by atoms with Gasteiger partial charge in [-0.05, 0) is 64.4 Å². The maximum atomic E-state index is 13.3. The van der Waals surface area contributed by atoms with Crippen molar-refractivity contribution in [2.45, 2.75) is 45.6 Å². The summed E-state index contributed by atoms with van der Waals surface area (Å²) >= 11 is 0. The number of piperazine rings is 1. The van der Waals surface area contributed by atoms with Gasteiger partial charge in [0.1, 0.15) is 5.82 Å². The molecule has 1 aromatic carbocycles. The number of aryl methyl sites for hydroxylation is 2. The molecule has 0 radical (unpaired) electrons. The first-order chi connectivity index (χ1) is 14.0. The highest BCUT2D eigenvalue weighted by Crippen LogP contribution is 2.23. The van der Waals surface area contributed by atoms with Crippen LogP contribution in [0.2, 0.25) is 0 Å². The van der Waals surface area contributed by atoms with Crippen LogP contribution < -0.4 is 0 Å². The molecule has 2 aromatic rings. The molecule has 30 heavy (non-hydrogen) atoms. The van der Waals surface area contributed by atoms with Crippen molar-refractivity contribution in [3.8, 4) is 0 Å². The van der Waals surface area contributed by atoms with E-state index in [4.69, 9.17) is 0 Å². The number of ketones is 1. The Kier molecular flexibility index (Phi) is 6.50. The molecule has 1 aliphatic rings. The number of carbonyl (C=O) groups is 1. The Balaban J connectivity index is 1.66. The lowest BCUT2D eigenvalue weighted by molar-refractivity contribution is 0.0901.